The van der Waals surface area contributed by atoms with Gasteiger partial charge in [0.15, 0.2) is 0 Å². The molecule has 2 rings (SSSR count). The molecule has 1 aromatic heterocycles. The zero-order chi connectivity index (χ0) is 12.1. The lowest BCUT2D eigenvalue weighted by molar-refractivity contribution is -0.118. The number of hydrazine groups is 1. The fraction of sp³-hybridized carbons (Fsp3) is 0.545. The molecule has 2 N–H and O–H groups in total. The molecule has 17 heavy (non-hydrogen) atoms. The van der Waals surface area contributed by atoms with Crippen LogP contribution < -0.4 is 15.8 Å². The van der Waals surface area contributed by atoms with Gasteiger partial charge in [0.1, 0.15) is 18.0 Å². The van der Waals surface area contributed by atoms with E-state index < -0.39 is 0 Å². The Balaban J connectivity index is 2.02. The number of piperidine rings is 1. The topological polar surface area (TPSA) is 70.2 Å². The molecule has 1 fully saturated rings. The highest BCUT2D eigenvalue weighted by Crippen LogP contribution is 2.18. The molecule has 92 valence electrons. The van der Waals surface area contributed by atoms with E-state index in [1.165, 1.54) is 32.5 Å². The molecule has 0 spiro atoms. The predicted octanol–water partition coefficient (Wildman–Crippen LogP) is 0.930. The number of carbonyl (C=O) groups is 1. The lowest BCUT2D eigenvalue weighted by Gasteiger charge is -2.27. The van der Waals surface area contributed by atoms with Crippen molar-refractivity contribution >= 4 is 17.5 Å². The van der Waals surface area contributed by atoms with Crippen LogP contribution in [0.1, 0.15) is 26.2 Å². The first-order valence-electron chi connectivity index (χ1n) is 5.85. The number of rotatable bonds is 3. The van der Waals surface area contributed by atoms with Crippen LogP contribution in [0, 0.1) is 0 Å². The van der Waals surface area contributed by atoms with Crippen molar-refractivity contribution in [3.05, 3.63) is 12.4 Å². The molecule has 0 radical (unpaired) electrons. The highest BCUT2D eigenvalue weighted by atomic mass is 16.2. The van der Waals surface area contributed by atoms with Gasteiger partial charge in [-0.2, -0.15) is 0 Å². The Hall–Kier alpha value is -1.85. The quantitative estimate of drug-likeness (QED) is 0.763. The molecule has 0 bridgehead atoms. The molecule has 0 unspecified atom stereocenters. The average Bonchev–Trinajstić information content (AvgIpc) is 2.38. The first-order valence-corrected chi connectivity index (χ1v) is 5.85. The first kappa shape index (κ1) is 11.6. The van der Waals surface area contributed by atoms with E-state index in [1.54, 1.807) is 0 Å². The standard InChI is InChI=1S/C11H17N5O/c1-9(17)14-15-10-7-11(13-8-12-10)16-5-3-2-4-6-16/h7-8H,2-6H2,1H3,(H,14,17)(H,12,13,15). The van der Waals surface area contributed by atoms with Crippen LogP contribution >= 0.6 is 0 Å². The highest BCUT2D eigenvalue weighted by molar-refractivity contribution is 5.74. The minimum atomic E-state index is -0.150. The molecule has 0 aliphatic carbocycles. The summed E-state index contributed by atoms with van der Waals surface area (Å²) in [6.45, 7) is 3.52. The minimum Gasteiger partial charge on any atom is -0.356 e. The molecule has 1 aliphatic rings. The Morgan fingerprint density at radius 1 is 1.29 bits per heavy atom. The van der Waals surface area contributed by atoms with Gasteiger partial charge in [0.2, 0.25) is 5.91 Å². The third-order valence-corrected chi connectivity index (χ3v) is 2.70. The van der Waals surface area contributed by atoms with Crippen molar-refractivity contribution in [3.8, 4) is 0 Å². The third-order valence-electron chi connectivity index (χ3n) is 2.70. The second kappa shape index (κ2) is 5.47. The molecule has 1 aliphatic heterocycles. The van der Waals surface area contributed by atoms with E-state index in [4.69, 9.17) is 0 Å². The lowest BCUT2D eigenvalue weighted by Crippen LogP contribution is -2.31. The van der Waals surface area contributed by atoms with Gasteiger partial charge < -0.3 is 4.90 Å². The molecule has 0 saturated carbocycles. The summed E-state index contributed by atoms with van der Waals surface area (Å²) in [7, 11) is 0. The zero-order valence-corrected chi connectivity index (χ0v) is 9.94. The van der Waals surface area contributed by atoms with E-state index in [2.05, 4.69) is 25.7 Å². The molecular weight excluding hydrogens is 218 g/mol. The van der Waals surface area contributed by atoms with Crippen LogP contribution in [-0.2, 0) is 4.79 Å². The summed E-state index contributed by atoms with van der Waals surface area (Å²) >= 11 is 0. The summed E-state index contributed by atoms with van der Waals surface area (Å²) < 4.78 is 0. The van der Waals surface area contributed by atoms with Crippen LogP contribution in [0.2, 0.25) is 0 Å². The predicted molar refractivity (Wildman–Crippen MR) is 65.5 cm³/mol. The fourth-order valence-electron chi connectivity index (χ4n) is 1.86. The molecule has 6 heteroatoms. The van der Waals surface area contributed by atoms with E-state index in [-0.39, 0.29) is 5.91 Å². The molecule has 0 aromatic carbocycles. The van der Waals surface area contributed by atoms with Crippen LogP contribution in [0.15, 0.2) is 12.4 Å². The van der Waals surface area contributed by atoms with Crippen molar-refractivity contribution in [1.29, 1.82) is 0 Å². The summed E-state index contributed by atoms with van der Waals surface area (Å²) in [5, 5.41) is 0. The molecular formula is C11H17N5O. The number of hydrogen-bond donors (Lipinski definition) is 2. The second-order valence-corrected chi connectivity index (χ2v) is 4.12. The Bertz CT molecular complexity index is 389. The van der Waals surface area contributed by atoms with Crippen molar-refractivity contribution in [3.63, 3.8) is 0 Å². The largest absolute Gasteiger partial charge is 0.356 e. The van der Waals surface area contributed by atoms with Crippen molar-refractivity contribution in [2.45, 2.75) is 26.2 Å². The van der Waals surface area contributed by atoms with Gasteiger partial charge in [-0.1, -0.05) is 0 Å². The maximum absolute atomic E-state index is 10.8. The summed E-state index contributed by atoms with van der Waals surface area (Å²) in [5.41, 5.74) is 5.24. The van der Waals surface area contributed by atoms with Crippen LogP contribution in [0.5, 0.6) is 0 Å². The van der Waals surface area contributed by atoms with Crippen LogP contribution in [-0.4, -0.2) is 29.0 Å². The SMILES string of the molecule is CC(=O)NNc1cc(N2CCCCC2)ncn1. The van der Waals surface area contributed by atoms with Gasteiger partial charge in [-0.3, -0.25) is 15.6 Å². The number of carbonyl (C=O) groups excluding carboxylic acids is 1. The van der Waals surface area contributed by atoms with Gasteiger partial charge in [0, 0.05) is 26.1 Å². The van der Waals surface area contributed by atoms with Crippen molar-refractivity contribution in [1.82, 2.24) is 15.4 Å². The number of hydrogen-bond acceptors (Lipinski definition) is 5. The molecule has 1 amide bonds. The van der Waals surface area contributed by atoms with E-state index in [0.717, 1.165) is 18.9 Å². The molecule has 0 atom stereocenters. The summed E-state index contributed by atoms with van der Waals surface area (Å²) in [4.78, 5) is 21.3. The maximum Gasteiger partial charge on any atom is 0.235 e. The Morgan fingerprint density at radius 2 is 2.06 bits per heavy atom. The van der Waals surface area contributed by atoms with Crippen LogP contribution in [0.3, 0.4) is 0 Å². The van der Waals surface area contributed by atoms with Gasteiger partial charge in [0.25, 0.3) is 0 Å². The summed E-state index contributed by atoms with van der Waals surface area (Å²) in [6.07, 6.45) is 5.21. The fourth-order valence-corrected chi connectivity index (χ4v) is 1.86. The smallest absolute Gasteiger partial charge is 0.235 e. The first-order chi connectivity index (χ1) is 8.25. The van der Waals surface area contributed by atoms with Crippen LogP contribution in [0.4, 0.5) is 11.6 Å². The number of nitrogens with one attached hydrogen (secondary N) is 2. The van der Waals surface area contributed by atoms with E-state index in [9.17, 15) is 4.79 Å². The molecule has 6 nitrogen and oxygen atoms in total. The van der Waals surface area contributed by atoms with Gasteiger partial charge in [0.05, 0.1) is 0 Å². The number of aromatic nitrogens is 2. The second-order valence-electron chi connectivity index (χ2n) is 4.12. The highest BCUT2D eigenvalue weighted by Gasteiger charge is 2.12. The Labute approximate surface area is 100 Å². The monoisotopic (exact) mass is 235 g/mol. The van der Waals surface area contributed by atoms with Gasteiger partial charge in [-0.15, -0.1) is 0 Å². The lowest BCUT2D eigenvalue weighted by atomic mass is 10.1. The average molecular weight is 235 g/mol. The van der Waals surface area contributed by atoms with Gasteiger partial charge in [-0.05, 0) is 19.3 Å². The Kier molecular flexibility index (Phi) is 3.74. The minimum absolute atomic E-state index is 0.150. The zero-order valence-electron chi connectivity index (χ0n) is 9.94. The number of anilines is 2. The normalized spacial score (nSPS) is 15.5. The Morgan fingerprint density at radius 3 is 2.76 bits per heavy atom. The van der Waals surface area contributed by atoms with Crippen molar-refractivity contribution in [2.24, 2.45) is 0 Å². The number of nitrogens with zero attached hydrogens (tertiary/aromatic N) is 3. The van der Waals surface area contributed by atoms with Gasteiger partial charge >= 0.3 is 0 Å². The van der Waals surface area contributed by atoms with E-state index in [1.807, 2.05) is 6.07 Å². The third kappa shape index (κ3) is 3.30. The van der Waals surface area contributed by atoms with Crippen molar-refractivity contribution in [2.75, 3.05) is 23.4 Å². The molecule has 1 aromatic rings. The van der Waals surface area contributed by atoms with Crippen LogP contribution in [0.25, 0.3) is 0 Å². The summed E-state index contributed by atoms with van der Waals surface area (Å²) in [6, 6.07) is 1.85. The molecule has 2 heterocycles. The van der Waals surface area contributed by atoms with E-state index >= 15 is 0 Å². The maximum atomic E-state index is 10.8. The van der Waals surface area contributed by atoms with Gasteiger partial charge in [-0.25, -0.2) is 9.97 Å². The molecule has 1 saturated heterocycles. The van der Waals surface area contributed by atoms with E-state index in [0.29, 0.717) is 5.82 Å². The summed E-state index contributed by atoms with van der Waals surface area (Å²) in [5.74, 6) is 1.37. The number of amides is 1. The van der Waals surface area contributed by atoms with Crippen molar-refractivity contribution < 1.29 is 4.79 Å².